The molecule has 2 aliphatic heterocycles. The van der Waals surface area contributed by atoms with Crippen molar-refractivity contribution in [2.75, 3.05) is 26.2 Å². The molecule has 0 radical (unpaired) electrons. The second-order valence-electron chi connectivity index (χ2n) is 5.76. The highest BCUT2D eigenvalue weighted by molar-refractivity contribution is 7.89. The molecule has 22 heavy (non-hydrogen) atoms. The Kier molecular flexibility index (Phi) is 4.10. The molecule has 2 fully saturated rings. The molecular formula is C15H20N2O4S. The van der Waals surface area contributed by atoms with Crippen molar-refractivity contribution in [1.82, 2.24) is 9.21 Å². The average molecular weight is 324 g/mol. The lowest BCUT2D eigenvalue weighted by atomic mass is 10.1. The smallest absolute Gasteiger partial charge is 0.410 e. The monoisotopic (exact) mass is 324 g/mol. The van der Waals surface area contributed by atoms with E-state index in [2.05, 4.69) is 0 Å². The summed E-state index contributed by atoms with van der Waals surface area (Å²) in [4.78, 5) is 13.6. The predicted octanol–water partition coefficient (Wildman–Crippen LogP) is 1.60. The third kappa shape index (κ3) is 2.83. The average Bonchev–Trinajstić information content (AvgIpc) is 2.94. The maximum atomic E-state index is 12.6. The van der Waals surface area contributed by atoms with Gasteiger partial charge in [-0.05, 0) is 31.9 Å². The van der Waals surface area contributed by atoms with E-state index in [1.165, 1.54) is 4.31 Å². The molecule has 3 rings (SSSR count). The third-order valence-corrected chi connectivity index (χ3v) is 6.23. The van der Waals surface area contributed by atoms with E-state index < -0.39 is 10.0 Å². The second kappa shape index (κ2) is 5.89. The first-order valence-electron chi connectivity index (χ1n) is 7.49. The minimum atomic E-state index is -3.44. The van der Waals surface area contributed by atoms with Crippen molar-refractivity contribution in [3.63, 3.8) is 0 Å². The van der Waals surface area contributed by atoms with Gasteiger partial charge in [0.05, 0.1) is 11.4 Å². The number of ether oxygens (including phenoxy) is 1. The van der Waals surface area contributed by atoms with Crippen LogP contribution in [0.15, 0.2) is 29.2 Å². The van der Waals surface area contributed by atoms with Crippen molar-refractivity contribution >= 4 is 16.1 Å². The summed E-state index contributed by atoms with van der Waals surface area (Å²) in [6.07, 6.45) is 1.03. The summed E-state index contributed by atoms with van der Waals surface area (Å²) in [7, 11) is -3.44. The molecule has 0 spiro atoms. The van der Waals surface area contributed by atoms with Crippen LogP contribution < -0.4 is 0 Å². The van der Waals surface area contributed by atoms with Gasteiger partial charge in [-0.3, -0.25) is 0 Å². The van der Waals surface area contributed by atoms with E-state index in [-0.39, 0.29) is 12.1 Å². The van der Waals surface area contributed by atoms with Gasteiger partial charge in [-0.15, -0.1) is 0 Å². The van der Waals surface area contributed by atoms with Crippen LogP contribution in [0.3, 0.4) is 0 Å². The summed E-state index contributed by atoms with van der Waals surface area (Å²) >= 11 is 0. The van der Waals surface area contributed by atoms with E-state index in [9.17, 15) is 13.2 Å². The molecule has 0 bridgehead atoms. The molecule has 6 nitrogen and oxygen atoms in total. The van der Waals surface area contributed by atoms with E-state index in [0.29, 0.717) is 44.0 Å². The molecule has 1 aromatic carbocycles. The summed E-state index contributed by atoms with van der Waals surface area (Å²) in [5, 5.41) is 0. The molecule has 0 aliphatic carbocycles. The van der Waals surface area contributed by atoms with E-state index in [4.69, 9.17) is 4.74 Å². The van der Waals surface area contributed by atoms with Gasteiger partial charge in [0.2, 0.25) is 10.0 Å². The first-order valence-corrected chi connectivity index (χ1v) is 8.93. The predicted molar refractivity (Wildman–Crippen MR) is 81.0 cm³/mol. The highest BCUT2D eigenvalue weighted by Crippen LogP contribution is 2.24. The van der Waals surface area contributed by atoms with E-state index in [1.807, 2.05) is 6.92 Å². The van der Waals surface area contributed by atoms with Crippen molar-refractivity contribution in [1.29, 1.82) is 0 Å². The number of cyclic esters (lactones) is 1. The van der Waals surface area contributed by atoms with Crippen LogP contribution in [-0.4, -0.2) is 56.0 Å². The third-order valence-electron chi connectivity index (χ3n) is 4.32. The number of hydrogen-bond donors (Lipinski definition) is 0. The van der Waals surface area contributed by atoms with Gasteiger partial charge in [0, 0.05) is 19.1 Å². The molecule has 2 heterocycles. The van der Waals surface area contributed by atoms with Crippen molar-refractivity contribution in [2.45, 2.75) is 30.7 Å². The van der Waals surface area contributed by atoms with Crippen LogP contribution in [0.1, 0.15) is 18.4 Å². The van der Waals surface area contributed by atoms with Gasteiger partial charge in [0.15, 0.2) is 0 Å². The standard InChI is InChI=1S/C15H20N2O4S/c1-12-2-4-14(5-3-12)22(19,20)16-8-6-13(7-9-16)17-10-11-21-15(17)18/h2-5,13H,6-11H2,1H3. The van der Waals surface area contributed by atoms with Crippen LogP contribution in [0, 0.1) is 6.92 Å². The van der Waals surface area contributed by atoms with Crippen molar-refractivity contribution in [2.24, 2.45) is 0 Å². The lowest BCUT2D eigenvalue weighted by Gasteiger charge is -2.34. The van der Waals surface area contributed by atoms with Crippen molar-refractivity contribution in [3.05, 3.63) is 29.8 Å². The molecular weight excluding hydrogens is 304 g/mol. The van der Waals surface area contributed by atoms with E-state index in [0.717, 1.165) is 5.56 Å². The van der Waals surface area contributed by atoms with Gasteiger partial charge in [-0.25, -0.2) is 13.2 Å². The Bertz CT molecular complexity index is 649. The molecule has 1 aromatic rings. The zero-order valence-electron chi connectivity index (χ0n) is 12.6. The number of carbonyl (C=O) groups excluding carboxylic acids is 1. The first-order chi connectivity index (χ1) is 10.5. The number of rotatable bonds is 3. The van der Waals surface area contributed by atoms with Crippen LogP contribution >= 0.6 is 0 Å². The zero-order chi connectivity index (χ0) is 15.7. The number of aryl methyl sites for hydroxylation is 1. The molecule has 1 amide bonds. The highest BCUT2D eigenvalue weighted by atomic mass is 32.2. The molecule has 0 aromatic heterocycles. The fourth-order valence-corrected chi connectivity index (χ4v) is 4.46. The molecule has 0 unspecified atom stereocenters. The van der Waals surface area contributed by atoms with Crippen molar-refractivity contribution in [3.8, 4) is 0 Å². The molecule has 2 saturated heterocycles. The minimum absolute atomic E-state index is 0.0828. The number of carbonyl (C=O) groups is 1. The topological polar surface area (TPSA) is 66.9 Å². The minimum Gasteiger partial charge on any atom is -0.448 e. The lowest BCUT2D eigenvalue weighted by molar-refractivity contribution is 0.134. The Morgan fingerprint density at radius 2 is 1.73 bits per heavy atom. The number of sulfonamides is 1. The van der Waals surface area contributed by atoms with Gasteiger partial charge in [0.25, 0.3) is 0 Å². The number of benzene rings is 1. The quantitative estimate of drug-likeness (QED) is 0.847. The van der Waals surface area contributed by atoms with Crippen LogP contribution in [0.25, 0.3) is 0 Å². The molecule has 0 saturated carbocycles. The van der Waals surface area contributed by atoms with E-state index >= 15 is 0 Å². The summed E-state index contributed by atoms with van der Waals surface area (Å²) < 4.78 is 31.7. The van der Waals surface area contributed by atoms with Crippen LogP contribution in [0.5, 0.6) is 0 Å². The highest BCUT2D eigenvalue weighted by Gasteiger charge is 2.35. The summed E-state index contributed by atoms with van der Waals surface area (Å²) in [6, 6.07) is 6.99. The summed E-state index contributed by atoms with van der Waals surface area (Å²) in [5.41, 5.74) is 1.03. The van der Waals surface area contributed by atoms with Crippen molar-refractivity contribution < 1.29 is 17.9 Å². The maximum absolute atomic E-state index is 12.6. The fourth-order valence-electron chi connectivity index (χ4n) is 2.99. The zero-order valence-corrected chi connectivity index (χ0v) is 13.4. The number of piperidine rings is 1. The van der Waals surface area contributed by atoms with Gasteiger partial charge in [0.1, 0.15) is 6.61 Å². The molecule has 7 heteroatoms. The fraction of sp³-hybridized carbons (Fsp3) is 0.533. The molecule has 0 atom stereocenters. The van der Waals surface area contributed by atoms with Gasteiger partial charge >= 0.3 is 6.09 Å². The van der Waals surface area contributed by atoms with Gasteiger partial charge < -0.3 is 9.64 Å². The van der Waals surface area contributed by atoms with Gasteiger partial charge in [-0.1, -0.05) is 17.7 Å². The largest absolute Gasteiger partial charge is 0.448 e. The Balaban J connectivity index is 1.68. The normalized spacial score (nSPS) is 21.1. The SMILES string of the molecule is Cc1ccc(S(=O)(=O)N2CCC(N3CCOC3=O)CC2)cc1. The summed E-state index contributed by atoms with van der Waals surface area (Å²) in [5.74, 6) is 0. The Morgan fingerprint density at radius 3 is 2.27 bits per heavy atom. The number of nitrogens with zero attached hydrogens (tertiary/aromatic N) is 2. The maximum Gasteiger partial charge on any atom is 0.410 e. The van der Waals surface area contributed by atoms with Gasteiger partial charge in [-0.2, -0.15) is 4.31 Å². The molecule has 0 N–H and O–H groups in total. The Hall–Kier alpha value is -1.60. The van der Waals surface area contributed by atoms with E-state index in [1.54, 1.807) is 29.2 Å². The van der Waals surface area contributed by atoms with Crippen LogP contribution in [0.4, 0.5) is 4.79 Å². The Morgan fingerprint density at radius 1 is 1.09 bits per heavy atom. The second-order valence-corrected chi connectivity index (χ2v) is 7.69. The van der Waals surface area contributed by atoms with Crippen LogP contribution in [-0.2, 0) is 14.8 Å². The summed E-state index contributed by atoms with van der Waals surface area (Å²) in [6.45, 7) is 3.83. The number of hydrogen-bond acceptors (Lipinski definition) is 4. The Labute approximate surface area is 130 Å². The number of amides is 1. The molecule has 120 valence electrons. The first kappa shape index (κ1) is 15.3. The van der Waals surface area contributed by atoms with Crippen LogP contribution in [0.2, 0.25) is 0 Å². The lowest BCUT2D eigenvalue weighted by Crippen LogP contribution is -2.47. The molecule has 2 aliphatic rings.